The van der Waals surface area contributed by atoms with E-state index in [0.717, 1.165) is 6.42 Å². The zero-order chi connectivity index (χ0) is 8.69. The molecule has 64 valence electrons. The molecule has 0 saturated carbocycles. The molecule has 0 aliphatic heterocycles. The number of hydrogen-bond acceptors (Lipinski definition) is 0. The minimum Gasteiger partial charge on any atom is -0.100 e. The van der Waals surface area contributed by atoms with Crippen LogP contribution in [0.5, 0.6) is 0 Å². The highest BCUT2D eigenvalue weighted by atomic mass is 14.0. The van der Waals surface area contributed by atoms with E-state index in [1.807, 2.05) is 0 Å². The molecule has 0 N–H and O–H groups in total. The van der Waals surface area contributed by atoms with E-state index in [-0.39, 0.29) is 0 Å². The van der Waals surface area contributed by atoms with E-state index < -0.39 is 0 Å². The summed E-state index contributed by atoms with van der Waals surface area (Å²) in [4.78, 5) is 0. The number of rotatable bonds is 6. The van der Waals surface area contributed by atoms with Gasteiger partial charge in [-0.2, -0.15) is 0 Å². The summed E-state index contributed by atoms with van der Waals surface area (Å²) in [6.07, 6.45) is 5.99. The number of hydrogen-bond donors (Lipinski definition) is 0. The van der Waals surface area contributed by atoms with Crippen LogP contribution in [0.3, 0.4) is 0 Å². The molecule has 0 heterocycles. The summed E-state index contributed by atoms with van der Waals surface area (Å²) in [6, 6.07) is 0. The topological polar surface area (TPSA) is 0 Å². The lowest BCUT2D eigenvalue weighted by molar-refractivity contribution is 0.758. The molecule has 0 rings (SSSR count). The summed E-state index contributed by atoms with van der Waals surface area (Å²) < 4.78 is 0. The van der Waals surface area contributed by atoms with Gasteiger partial charge in [0.25, 0.3) is 0 Å². The molecule has 0 fully saturated rings. The Bertz CT molecular complexity index is 131. The van der Waals surface area contributed by atoms with Crippen molar-refractivity contribution >= 4 is 0 Å². The maximum Gasteiger partial charge on any atom is -0.0320 e. The third-order valence-corrected chi connectivity index (χ3v) is 1.74. The average molecular weight is 152 g/mol. The molecule has 0 atom stereocenters. The van der Waals surface area contributed by atoms with E-state index in [1.54, 1.807) is 0 Å². The smallest absolute Gasteiger partial charge is 0.0320 e. The van der Waals surface area contributed by atoms with Gasteiger partial charge in [-0.25, -0.2) is 0 Å². The van der Waals surface area contributed by atoms with Crippen molar-refractivity contribution in [1.82, 2.24) is 0 Å². The van der Waals surface area contributed by atoms with Gasteiger partial charge in [-0.15, -0.1) is 6.58 Å². The predicted molar refractivity (Wildman–Crippen MR) is 52.7 cm³/mol. The summed E-state index contributed by atoms with van der Waals surface area (Å²) in [7, 11) is 0. The van der Waals surface area contributed by atoms with Crippen molar-refractivity contribution in [2.45, 2.75) is 46.0 Å². The lowest BCUT2D eigenvalue weighted by atomic mass is 10.0. The summed E-state index contributed by atoms with van der Waals surface area (Å²) >= 11 is 0. The molecule has 0 aromatic carbocycles. The van der Waals surface area contributed by atoms with Gasteiger partial charge in [-0.05, 0) is 32.6 Å². The third kappa shape index (κ3) is 7.38. The summed E-state index contributed by atoms with van der Waals surface area (Å²) in [6.45, 7) is 12.2. The Morgan fingerprint density at radius 1 is 1.09 bits per heavy atom. The van der Waals surface area contributed by atoms with Crippen molar-refractivity contribution in [3.63, 3.8) is 0 Å². The van der Waals surface area contributed by atoms with Gasteiger partial charge in [0, 0.05) is 0 Å². The Morgan fingerprint density at radius 3 is 2.18 bits per heavy atom. The van der Waals surface area contributed by atoms with Gasteiger partial charge in [-0.1, -0.05) is 31.1 Å². The molecular formula is C11H20. The van der Waals surface area contributed by atoms with Crippen molar-refractivity contribution in [3.05, 3.63) is 24.3 Å². The second-order valence-electron chi connectivity index (χ2n) is 3.31. The van der Waals surface area contributed by atoms with Crippen LogP contribution in [0.15, 0.2) is 24.3 Å². The molecule has 0 heteroatoms. The van der Waals surface area contributed by atoms with Crippen LogP contribution in [0.1, 0.15) is 46.0 Å². The molecule has 11 heavy (non-hydrogen) atoms. The van der Waals surface area contributed by atoms with Crippen molar-refractivity contribution < 1.29 is 0 Å². The summed E-state index contributed by atoms with van der Waals surface area (Å²) in [5.41, 5.74) is 2.68. The molecule has 0 radical (unpaired) electrons. The molecule has 0 aromatic rings. The maximum absolute atomic E-state index is 4.01. The van der Waals surface area contributed by atoms with E-state index in [1.165, 1.54) is 36.8 Å². The van der Waals surface area contributed by atoms with Crippen molar-refractivity contribution in [1.29, 1.82) is 0 Å². The van der Waals surface area contributed by atoms with E-state index in [9.17, 15) is 0 Å². The molecule has 0 saturated heterocycles. The zero-order valence-corrected chi connectivity index (χ0v) is 7.95. The zero-order valence-electron chi connectivity index (χ0n) is 7.95. The monoisotopic (exact) mass is 152 g/mol. The Hall–Kier alpha value is -0.520. The minimum absolute atomic E-state index is 1.16. The predicted octanol–water partition coefficient (Wildman–Crippen LogP) is 4.09. The van der Waals surface area contributed by atoms with Crippen LogP contribution in [-0.2, 0) is 0 Å². The molecule has 0 spiro atoms. The van der Waals surface area contributed by atoms with Crippen LogP contribution < -0.4 is 0 Å². The van der Waals surface area contributed by atoms with Crippen LogP contribution in [0.2, 0.25) is 0 Å². The van der Waals surface area contributed by atoms with Gasteiger partial charge in [0.05, 0.1) is 0 Å². The maximum atomic E-state index is 4.01. The van der Waals surface area contributed by atoms with E-state index >= 15 is 0 Å². The van der Waals surface area contributed by atoms with Gasteiger partial charge >= 0.3 is 0 Å². The largest absolute Gasteiger partial charge is 0.100 e. The molecule has 0 aliphatic rings. The normalized spacial score (nSPS) is 9.64. The lowest BCUT2D eigenvalue weighted by Gasteiger charge is -2.02. The fraction of sp³-hybridized carbons (Fsp3) is 0.636. The first-order chi connectivity index (χ1) is 5.16. The standard InChI is InChI=1S/C11H20/c1-5-7-11(4)9-6-8-10(2)3/h2,4-9H2,1,3H3. The van der Waals surface area contributed by atoms with Crippen molar-refractivity contribution in [2.75, 3.05) is 0 Å². The summed E-state index contributed by atoms with van der Waals surface area (Å²) in [5.74, 6) is 0. The Balaban J connectivity index is 3.24. The molecule has 0 aliphatic carbocycles. The van der Waals surface area contributed by atoms with E-state index in [0.29, 0.717) is 0 Å². The number of allylic oxidation sites excluding steroid dienone is 2. The average Bonchev–Trinajstić information content (AvgIpc) is 1.87. The Morgan fingerprint density at radius 2 is 1.73 bits per heavy atom. The van der Waals surface area contributed by atoms with Gasteiger partial charge in [0.15, 0.2) is 0 Å². The van der Waals surface area contributed by atoms with Gasteiger partial charge in [0.1, 0.15) is 0 Å². The first-order valence-electron chi connectivity index (χ1n) is 4.47. The molecule has 0 aromatic heterocycles. The van der Waals surface area contributed by atoms with Crippen LogP contribution in [0, 0.1) is 0 Å². The molecule has 0 amide bonds. The SMILES string of the molecule is C=C(C)CCCC(=C)CCC. The van der Waals surface area contributed by atoms with Gasteiger partial charge < -0.3 is 0 Å². The molecular weight excluding hydrogens is 132 g/mol. The Labute approximate surface area is 71.0 Å². The summed E-state index contributed by atoms with van der Waals surface area (Å²) in [5, 5.41) is 0. The first kappa shape index (κ1) is 10.5. The highest BCUT2D eigenvalue weighted by Crippen LogP contribution is 2.13. The van der Waals surface area contributed by atoms with Crippen LogP contribution in [0.25, 0.3) is 0 Å². The van der Waals surface area contributed by atoms with Crippen LogP contribution in [-0.4, -0.2) is 0 Å². The van der Waals surface area contributed by atoms with Gasteiger partial charge in [0.2, 0.25) is 0 Å². The second kappa shape index (κ2) is 6.21. The van der Waals surface area contributed by atoms with Crippen LogP contribution in [0.4, 0.5) is 0 Å². The first-order valence-corrected chi connectivity index (χ1v) is 4.47. The van der Waals surface area contributed by atoms with Crippen molar-refractivity contribution in [2.24, 2.45) is 0 Å². The second-order valence-corrected chi connectivity index (χ2v) is 3.31. The molecule has 0 unspecified atom stereocenters. The van der Waals surface area contributed by atoms with Crippen LogP contribution >= 0.6 is 0 Å². The van der Waals surface area contributed by atoms with E-state index in [2.05, 4.69) is 27.0 Å². The fourth-order valence-corrected chi connectivity index (χ4v) is 1.12. The molecule has 0 nitrogen and oxygen atoms in total. The Kier molecular flexibility index (Phi) is 5.91. The molecule has 0 bridgehead atoms. The highest BCUT2D eigenvalue weighted by Gasteiger charge is 1.93. The quantitative estimate of drug-likeness (QED) is 0.503. The van der Waals surface area contributed by atoms with Gasteiger partial charge in [-0.3, -0.25) is 0 Å². The third-order valence-electron chi connectivity index (χ3n) is 1.74. The minimum atomic E-state index is 1.16. The lowest BCUT2D eigenvalue weighted by Crippen LogP contribution is -1.82. The highest BCUT2D eigenvalue weighted by molar-refractivity contribution is 4.95. The fourth-order valence-electron chi connectivity index (χ4n) is 1.12. The van der Waals surface area contributed by atoms with Crippen molar-refractivity contribution in [3.8, 4) is 0 Å². The van der Waals surface area contributed by atoms with E-state index in [4.69, 9.17) is 0 Å².